The molecule has 0 unspecified atom stereocenters. The highest BCUT2D eigenvalue weighted by Gasteiger charge is 2.05. The lowest BCUT2D eigenvalue weighted by Gasteiger charge is -1.97. The number of carbonyl (C=O) groups is 1. The van der Waals surface area contributed by atoms with Crippen molar-refractivity contribution in [3.8, 4) is 11.3 Å². The van der Waals surface area contributed by atoms with Crippen LogP contribution in [0.1, 0.15) is 10.5 Å². The van der Waals surface area contributed by atoms with Gasteiger partial charge in [-0.3, -0.25) is 9.78 Å². The van der Waals surface area contributed by atoms with E-state index in [4.69, 9.17) is 0 Å². The van der Waals surface area contributed by atoms with Crippen molar-refractivity contribution in [2.75, 3.05) is 0 Å². The Balaban J connectivity index is 2.49. The summed E-state index contributed by atoms with van der Waals surface area (Å²) in [5.41, 5.74) is 1.41. The maximum Gasteiger partial charge on any atom is 0.166 e. The molecule has 0 amide bonds. The molecule has 0 bridgehead atoms. The van der Waals surface area contributed by atoms with Crippen LogP contribution in [0.5, 0.6) is 0 Å². The summed E-state index contributed by atoms with van der Waals surface area (Å²) in [4.78, 5) is 16.8. The predicted octanol–water partition coefficient (Wildman–Crippen LogP) is 2.03. The van der Waals surface area contributed by atoms with Gasteiger partial charge in [-0.25, -0.2) is 4.39 Å². The quantitative estimate of drug-likeness (QED) is 0.736. The van der Waals surface area contributed by atoms with Crippen LogP contribution in [0.4, 0.5) is 4.39 Å². The van der Waals surface area contributed by atoms with Crippen LogP contribution in [-0.2, 0) is 0 Å². The fraction of sp³-hybridized carbons (Fsp3) is 0. The van der Waals surface area contributed by atoms with E-state index in [-0.39, 0.29) is 0 Å². The Morgan fingerprint density at radius 3 is 2.86 bits per heavy atom. The van der Waals surface area contributed by atoms with Gasteiger partial charge in [0.2, 0.25) is 0 Å². The Bertz CT molecular complexity index is 465. The minimum atomic E-state index is -0.410. The molecule has 2 rings (SSSR count). The Morgan fingerprint density at radius 1 is 1.36 bits per heavy atom. The number of pyridine rings is 1. The summed E-state index contributed by atoms with van der Waals surface area (Å²) >= 11 is 0. The van der Waals surface area contributed by atoms with Crippen molar-refractivity contribution in [3.63, 3.8) is 0 Å². The van der Waals surface area contributed by atoms with Crippen LogP contribution in [0.25, 0.3) is 11.3 Å². The van der Waals surface area contributed by atoms with Crippen molar-refractivity contribution in [1.82, 2.24) is 9.97 Å². The maximum atomic E-state index is 13.2. The van der Waals surface area contributed by atoms with E-state index >= 15 is 0 Å². The highest BCUT2D eigenvalue weighted by molar-refractivity contribution is 5.75. The van der Waals surface area contributed by atoms with Crippen molar-refractivity contribution in [2.24, 2.45) is 0 Å². The Labute approximate surface area is 79.6 Å². The van der Waals surface area contributed by atoms with E-state index in [1.165, 1.54) is 6.20 Å². The summed E-state index contributed by atoms with van der Waals surface area (Å²) in [7, 11) is 0. The number of nitrogens with zero attached hydrogens (tertiary/aromatic N) is 1. The molecule has 0 atom stereocenters. The van der Waals surface area contributed by atoms with Crippen LogP contribution in [-0.4, -0.2) is 16.3 Å². The first-order valence-electron chi connectivity index (χ1n) is 4.05. The zero-order valence-corrected chi connectivity index (χ0v) is 7.20. The van der Waals surface area contributed by atoms with Crippen molar-refractivity contribution < 1.29 is 9.18 Å². The molecular weight excluding hydrogens is 183 g/mol. The zero-order valence-electron chi connectivity index (χ0n) is 7.20. The zero-order chi connectivity index (χ0) is 9.97. The molecule has 0 saturated heterocycles. The first-order chi connectivity index (χ1) is 6.81. The summed E-state index contributed by atoms with van der Waals surface area (Å²) in [6.07, 6.45) is 3.32. The molecule has 2 aromatic rings. The monoisotopic (exact) mass is 190 g/mol. The van der Waals surface area contributed by atoms with E-state index < -0.39 is 5.82 Å². The second-order valence-electron chi connectivity index (χ2n) is 2.80. The van der Waals surface area contributed by atoms with Crippen LogP contribution < -0.4 is 0 Å². The number of aldehydes is 1. The number of H-pyrrole nitrogens is 1. The Kier molecular flexibility index (Phi) is 2.10. The average molecular weight is 190 g/mol. The van der Waals surface area contributed by atoms with Gasteiger partial charge in [0.05, 0.1) is 11.9 Å². The first-order valence-corrected chi connectivity index (χ1v) is 4.05. The Morgan fingerprint density at radius 2 is 2.21 bits per heavy atom. The van der Waals surface area contributed by atoms with Crippen LogP contribution in [0.3, 0.4) is 0 Å². The summed E-state index contributed by atoms with van der Waals surface area (Å²) in [6, 6.07) is 4.81. The number of nitrogens with one attached hydrogen (secondary N) is 1. The smallest absolute Gasteiger partial charge is 0.166 e. The molecule has 4 heteroatoms. The molecule has 0 aromatic carbocycles. The molecule has 2 heterocycles. The molecule has 0 aliphatic heterocycles. The summed E-state index contributed by atoms with van der Waals surface area (Å²) in [5, 5.41) is 0. The maximum absolute atomic E-state index is 13.2. The molecule has 1 N–H and O–H groups in total. The van der Waals surface area contributed by atoms with E-state index in [9.17, 15) is 9.18 Å². The molecule has 0 fully saturated rings. The van der Waals surface area contributed by atoms with E-state index in [1.54, 1.807) is 18.2 Å². The van der Waals surface area contributed by atoms with Crippen molar-refractivity contribution in [2.45, 2.75) is 0 Å². The lowest BCUT2D eigenvalue weighted by Crippen LogP contribution is -1.86. The minimum Gasteiger partial charge on any atom is -0.352 e. The molecule has 2 aromatic heterocycles. The topological polar surface area (TPSA) is 45.8 Å². The summed E-state index contributed by atoms with van der Waals surface area (Å²) in [5.74, 6) is -0.410. The van der Waals surface area contributed by atoms with E-state index in [0.717, 1.165) is 6.20 Å². The summed E-state index contributed by atoms with van der Waals surface area (Å²) in [6.45, 7) is 0. The third kappa shape index (κ3) is 1.42. The molecule has 0 spiro atoms. The standard InChI is InChI=1S/C10H7FN2O/c11-9-5-12-4-3-8(9)10-2-1-7(6-14)13-10/h1-6,13H. The van der Waals surface area contributed by atoms with Crippen LogP contribution >= 0.6 is 0 Å². The van der Waals surface area contributed by atoms with E-state index in [2.05, 4.69) is 9.97 Å². The second kappa shape index (κ2) is 3.41. The van der Waals surface area contributed by atoms with Gasteiger partial charge < -0.3 is 4.98 Å². The van der Waals surface area contributed by atoms with Gasteiger partial charge in [0, 0.05) is 17.5 Å². The van der Waals surface area contributed by atoms with Gasteiger partial charge >= 0.3 is 0 Å². The number of rotatable bonds is 2. The number of hydrogen-bond acceptors (Lipinski definition) is 2. The van der Waals surface area contributed by atoms with Gasteiger partial charge in [0.15, 0.2) is 12.1 Å². The van der Waals surface area contributed by atoms with Gasteiger partial charge in [-0.15, -0.1) is 0 Å². The fourth-order valence-electron chi connectivity index (χ4n) is 1.23. The molecule has 0 saturated carbocycles. The third-order valence-corrected chi connectivity index (χ3v) is 1.90. The predicted molar refractivity (Wildman–Crippen MR) is 49.4 cm³/mol. The highest BCUT2D eigenvalue weighted by Crippen LogP contribution is 2.20. The van der Waals surface area contributed by atoms with E-state index in [0.29, 0.717) is 23.2 Å². The van der Waals surface area contributed by atoms with Gasteiger partial charge in [0.25, 0.3) is 0 Å². The molecule has 0 aliphatic carbocycles. The van der Waals surface area contributed by atoms with Crippen LogP contribution in [0, 0.1) is 5.82 Å². The second-order valence-corrected chi connectivity index (χ2v) is 2.80. The lowest BCUT2D eigenvalue weighted by atomic mass is 10.2. The van der Waals surface area contributed by atoms with Gasteiger partial charge in [0.1, 0.15) is 0 Å². The van der Waals surface area contributed by atoms with Crippen LogP contribution in [0.2, 0.25) is 0 Å². The fourth-order valence-corrected chi connectivity index (χ4v) is 1.23. The highest BCUT2D eigenvalue weighted by atomic mass is 19.1. The van der Waals surface area contributed by atoms with Crippen molar-refractivity contribution >= 4 is 6.29 Å². The first kappa shape index (κ1) is 8.62. The molecular formula is C10H7FN2O. The summed E-state index contributed by atoms with van der Waals surface area (Å²) < 4.78 is 13.2. The molecule has 0 radical (unpaired) electrons. The SMILES string of the molecule is O=Cc1ccc(-c2ccncc2F)[nH]1. The Hall–Kier alpha value is -1.97. The molecule has 70 valence electrons. The third-order valence-electron chi connectivity index (χ3n) is 1.90. The number of carbonyl (C=O) groups excluding carboxylic acids is 1. The normalized spacial score (nSPS) is 10.1. The number of aromatic nitrogens is 2. The number of halogens is 1. The number of hydrogen-bond donors (Lipinski definition) is 1. The molecule has 14 heavy (non-hydrogen) atoms. The van der Waals surface area contributed by atoms with Crippen LogP contribution in [0.15, 0.2) is 30.6 Å². The van der Waals surface area contributed by atoms with E-state index in [1.807, 2.05) is 0 Å². The number of aromatic amines is 1. The largest absolute Gasteiger partial charge is 0.352 e. The van der Waals surface area contributed by atoms with Gasteiger partial charge in [-0.2, -0.15) is 0 Å². The van der Waals surface area contributed by atoms with Crippen molar-refractivity contribution in [1.29, 1.82) is 0 Å². The van der Waals surface area contributed by atoms with Gasteiger partial charge in [-0.1, -0.05) is 0 Å². The molecule has 0 aliphatic rings. The van der Waals surface area contributed by atoms with Gasteiger partial charge in [-0.05, 0) is 18.2 Å². The molecule has 3 nitrogen and oxygen atoms in total. The lowest BCUT2D eigenvalue weighted by molar-refractivity contribution is 0.111. The average Bonchev–Trinajstić information content (AvgIpc) is 2.67. The minimum absolute atomic E-state index is 0.410. The van der Waals surface area contributed by atoms with Crippen molar-refractivity contribution in [3.05, 3.63) is 42.1 Å².